The number of hydrogen-bond acceptors (Lipinski definition) is 9. The van der Waals surface area contributed by atoms with Crippen LogP contribution < -0.4 is 5.19 Å². The minimum atomic E-state index is -3.99. The molecule has 0 spiro atoms. The Balaban J connectivity index is 1.99. The van der Waals surface area contributed by atoms with Crippen LogP contribution in [0.15, 0.2) is 30.3 Å². The van der Waals surface area contributed by atoms with Crippen LogP contribution in [-0.2, 0) is 34.2 Å². The quantitative estimate of drug-likeness (QED) is 0.0432. The molecule has 1 saturated heterocycles. The lowest BCUT2D eigenvalue weighted by Gasteiger charge is -2.42. The molecule has 1 aliphatic rings. The molecule has 1 aromatic rings. The molecule has 0 aliphatic carbocycles. The van der Waals surface area contributed by atoms with Crippen molar-refractivity contribution in [2.45, 2.75) is 167 Å². The second kappa shape index (κ2) is 24.9. The summed E-state index contributed by atoms with van der Waals surface area (Å²) in [7, 11) is -5.75. The second-order valence-corrected chi connectivity index (χ2v) is 33.8. The molecule has 1 heterocycles. The van der Waals surface area contributed by atoms with Crippen molar-refractivity contribution in [3.05, 3.63) is 30.3 Å². The third-order valence-electron chi connectivity index (χ3n) is 11.9. The Morgan fingerprint density at radius 3 is 1.56 bits per heavy atom. The molecular formula is C40H84NO9Si5+. The van der Waals surface area contributed by atoms with Crippen molar-refractivity contribution in [2.75, 3.05) is 55.6 Å². The van der Waals surface area contributed by atoms with E-state index in [1.54, 1.807) is 20.8 Å². The van der Waals surface area contributed by atoms with E-state index in [4.69, 9.17) is 34.2 Å². The highest BCUT2D eigenvalue weighted by Crippen LogP contribution is 2.50. The SMILES string of the molecule is CCCCCCCCCCCCCCCCCC[N+](C)(C)CCC[Si](OC)(O[Si](OC)(OC)O[Si]1(OC)O[Si](C)(O)[C@H](C)[C@@H]1C)O[Si](C)(C)c1ccccc1. The standard InChI is InChI=1S/C40H84NO9Si5/c1-13-14-15-16-17-18-19-20-21-22-23-24-25-26-27-31-35-41(4,5)36-32-37-53(43-6,47-51(10,11)40-33-29-28-30-34-40)49-55(45-8,46-9)50-54(44-7)39(3)38(2)52(12,42)48-54/h28-30,33-34,38-39,42H,13-27,31-32,35-37H2,1-12H3/q+1/t38-,39+,52?,53?,54?/m1/s1. The molecule has 2 rings (SSSR count). The largest absolute Gasteiger partial charge is 0.664 e. The van der Waals surface area contributed by atoms with Gasteiger partial charge in [-0.05, 0) is 37.7 Å². The van der Waals surface area contributed by atoms with Crippen LogP contribution in [0.4, 0.5) is 0 Å². The molecule has 5 atom stereocenters. The van der Waals surface area contributed by atoms with Crippen molar-refractivity contribution in [3.8, 4) is 0 Å². The van der Waals surface area contributed by atoms with E-state index in [1.807, 2.05) is 32.0 Å². The number of rotatable bonds is 32. The fraction of sp³-hybridized carbons (Fsp3) is 0.850. The Hall–Kier alpha value is -0.0956. The van der Waals surface area contributed by atoms with Gasteiger partial charge in [0, 0.05) is 52.0 Å². The van der Waals surface area contributed by atoms with E-state index in [1.165, 1.54) is 117 Å². The summed E-state index contributed by atoms with van der Waals surface area (Å²) in [5.74, 6) is 0. The van der Waals surface area contributed by atoms with Gasteiger partial charge in [-0.1, -0.05) is 141 Å². The Bertz CT molecular complexity index is 1170. The van der Waals surface area contributed by atoms with E-state index in [0.29, 0.717) is 6.04 Å². The normalized spacial score (nSPS) is 23.4. The van der Waals surface area contributed by atoms with Gasteiger partial charge in [0.1, 0.15) is 0 Å². The van der Waals surface area contributed by atoms with Gasteiger partial charge in [0.15, 0.2) is 0 Å². The van der Waals surface area contributed by atoms with E-state index in [2.05, 4.69) is 46.2 Å². The van der Waals surface area contributed by atoms with Gasteiger partial charge in [-0.25, -0.2) is 0 Å². The molecule has 1 aliphatic heterocycles. The van der Waals surface area contributed by atoms with Gasteiger partial charge in [-0.15, -0.1) is 0 Å². The van der Waals surface area contributed by atoms with Crippen molar-refractivity contribution in [3.63, 3.8) is 0 Å². The van der Waals surface area contributed by atoms with Gasteiger partial charge >= 0.3 is 35.2 Å². The lowest BCUT2D eigenvalue weighted by Crippen LogP contribution is -2.67. The van der Waals surface area contributed by atoms with Gasteiger partial charge < -0.3 is 43.4 Å². The molecule has 0 amide bonds. The highest BCUT2D eigenvalue weighted by atomic mass is 28.5. The van der Waals surface area contributed by atoms with Crippen LogP contribution in [0.3, 0.4) is 0 Å². The van der Waals surface area contributed by atoms with Crippen LogP contribution in [0.2, 0.25) is 36.8 Å². The molecule has 1 aromatic carbocycles. The van der Waals surface area contributed by atoms with Gasteiger partial charge in [0.25, 0.3) is 0 Å². The maximum absolute atomic E-state index is 11.2. The van der Waals surface area contributed by atoms with Gasteiger partial charge in [0.05, 0.1) is 27.2 Å². The molecule has 0 bridgehead atoms. The average Bonchev–Trinajstić information content (AvgIpc) is 3.33. The zero-order valence-corrected chi connectivity index (χ0v) is 42.3. The number of hydrogen-bond donors (Lipinski definition) is 1. The van der Waals surface area contributed by atoms with Crippen LogP contribution in [0.25, 0.3) is 0 Å². The van der Waals surface area contributed by atoms with Crippen molar-refractivity contribution in [1.82, 2.24) is 0 Å². The molecular weight excluding hydrogens is 779 g/mol. The van der Waals surface area contributed by atoms with Gasteiger partial charge in [0.2, 0.25) is 8.32 Å². The topological polar surface area (TPSA) is 94.1 Å². The summed E-state index contributed by atoms with van der Waals surface area (Å²) < 4.78 is 52.7. The average molecular weight is 864 g/mol. The maximum atomic E-state index is 11.2. The summed E-state index contributed by atoms with van der Waals surface area (Å²) in [4.78, 5) is 11.2. The fourth-order valence-electron chi connectivity index (χ4n) is 7.78. The molecule has 1 fully saturated rings. The summed E-state index contributed by atoms with van der Waals surface area (Å²) in [6.45, 7) is 14.5. The predicted molar refractivity (Wildman–Crippen MR) is 237 cm³/mol. The van der Waals surface area contributed by atoms with Crippen molar-refractivity contribution < 1.29 is 43.4 Å². The predicted octanol–water partition coefficient (Wildman–Crippen LogP) is 9.65. The van der Waals surface area contributed by atoms with Crippen LogP contribution in [-0.4, -0.2) is 108 Å². The second-order valence-electron chi connectivity index (χ2n) is 17.3. The third-order valence-corrected chi connectivity index (χ3v) is 31.4. The summed E-state index contributed by atoms with van der Waals surface area (Å²) in [6, 6.07) is 10.9. The monoisotopic (exact) mass is 862 g/mol. The van der Waals surface area contributed by atoms with E-state index < -0.39 is 43.5 Å². The van der Waals surface area contributed by atoms with E-state index in [9.17, 15) is 4.80 Å². The number of nitrogens with zero attached hydrogens (tertiary/aromatic N) is 1. The molecule has 15 heteroatoms. The first-order chi connectivity index (χ1) is 26.0. The Morgan fingerprint density at radius 2 is 1.15 bits per heavy atom. The molecule has 0 aromatic heterocycles. The zero-order valence-electron chi connectivity index (χ0n) is 37.3. The van der Waals surface area contributed by atoms with Crippen molar-refractivity contribution in [1.29, 1.82) is 0 Å². The molecule has 55 heavy (non-hydrogen) atoms. The molecule has 10 nitrogen and oxygen atoms in total. The first-order valence-electron chi connectivity index (χ1n) is 21.6. The Kier molecular flexibility index (Phi) is 23.1. The van der Waals surface area contributed by atoms with E-state index >= 15 is 0 Å². The molecule has 0 radical (unpaired) electrons. The zero-order chi connectivity index (χ0) is 41.1. The van der Waals surface area contributed by atoms with Crippen LogP contribution in [0.5, 0.6) is 0 Å². The van der Waals surface area contributed by atoms with Crippen LogP contribution in [0, 0.1) is 0 Å². The first kappa shape index (κ1) is 51.0. The summed E-state index contributed by atoms with van der Waals surface area (Å²) >= 11 is 0. The lowest BCUT2D eigenvalue weighted by molar-refractivity contribution is -0.890. The van der Waals surface area contributed by atoms with E-state index in [-0.39, 0.29) is 11.1 Å². The molecule has 322 valence electrons. The van der Waals surface area contributed by atoms with Crippen LogP contribution >= 0.6 is 0 Å². The highest BCUT2D eigenvalue weighted by Gasteiger charge is 2.70. The third kappa shape index (κ3) is 16.8. The smallest absolute Gasteiger partial charge is 0.412 e. The summed E-state index contributed by atoms with van der Waals surface area (Å²) in [5, 5.41) is 1.14. The number of benzene rings is 1. The molecule has 3 unspecified atom stereocenters. The highest BCUT2D eigenvalue weighted by molar-refractivity contribution is 6.92. The van der Waals surface area contributed by atoms with Gasteiger partial charge in [-0.3, -0.25) is 0 Å². The minimum Gasteiger partial charge on any atom is -0.412 e. The molecule has 0 saturated carbocycles. The fourth-order valence-corrected chi connectivity index (χ4v) is 29.3. The Morgan fingerprint density at radius 1 is 0.673 bits per heavy atom. The maximum Gasteiger partial charge on any atom is 0.664 e. The summed E-state index contributed by atoms with van der Waals surface area (Å²) in [5.41, 5.74) is -0.295. The summed E-state index contributed by atoms with van der Waals surface area (Å²) in [6.07, 6.45) is 22.9. The van der Waals surface area contributed by atoms with Crippen LogP contribution in [0.1, 0.15) is 130 Å². The van der Waals surface area contributed by atoms with Crippen molar-refractivity contribution >= 4 is 48.7 Å². The van der Waals surface area contributed by atoms with E-state index in [0.717, 1.165) is 29.2 Å². The van der Waals surface area contributed by atoms with Gasteiger partial charge in [-0.2, -0.15) is 0 Å². The lowest BCUT2D eigenvalue weighted by atomic mass is 10.0. The van der Waals surface area contributed by atoms with Crippen molar-refractivity contribution in [2.24, 2.45) is 0 Å². The first-order valence-corrected chi connectivity index (χ1v) is 32.3. The number of quaternary nitrogens is 1. The Labute approximate surface area is 343 Å². The minimum absolute atomic E-state index is 0.112. The number of unbranched alkanes of at least 4 members (excludes halogenated alkanes) is 15. The molecule has 1 N–H and O–H groups in total.